The highest BCUT2D eigenvalue weighted by Crippen LogP contribution is 2.19. The first-order chi connectivity index (χ1) is 8.52. The van der Waals surface area contributed by atoms with Crippen LogP contribution in [-0.2, 0) is 9.59 Å². The molecule has 4 nitrogen and oxygen atoms in total. The minimum atomic E-state index is -0.953. The van der Waals surface area contributed by atoms with Crippen molar-refractivity contribution in [3.63, 3.8) is 0 Å². The first kappa shape index (κ1) is 14.4. The van der Waals surface area contributed by atoms with Gasteiger partial charge in [-0.3, -0.25) is 9.59 Å². The summed E-state index contributed by atoms with van der Waals surface area (Å²) in [5.41, 5.74) is 0. The van der Waals surface area contributed by atoms with E-state index in [-0.39, 0.29) is 24.1 Å². The van der Waals surface area contributed by atoms with Gasteiger partial charge in [0.1, 0.15) is 0 Å². The maximum absolute atomic E-state index is 12.9. The number of thioether (sulfide) groups is 1. The number of amides is 2. The van der Waals surface area contributed by atoms with Crippen molar-refractivity contribution in [2.45, 2.75) is 4.90 Å². The summed E-state index contributed by atoms with van der Waals surface area (Å²) in [6, 6.07) is 3.40. The van der Waals surface area contributed by atoms with Crippen LogP contribution in [0.4, 0.5) is 8.78 Å². The summed E-state index contributed by atoms with van der Waals surface area (Å²) in [7, 11) is 1.46. The molecule has 0 unspecified atom stereocenters. The van der Waals surface area contributed by atoms with Gasteiger partial charge in [0, 0.05) is 11.9 Å². The van der Waals surface area contributed by atoms with Crippen molar-refractivity contribution in [1.82, 2.24) is 10.6 Å². The Labute approximate surface area is 107 Å². The second-order valence-corrected chi connectivity index (χ2v) is 4.36. The van der Waals surface area contributed by atoms with Gasteiger partial charge in [0.2, 0.25) is 11.8 Å². The van der Waals surface area contributed by atoms with Gasteiger partial charge in [-0.25, -0.2) is 8.78 Å². The van der Waals surface area contributed by atoms with E-state index in [9.17, 15) is 18.4 Å². The third-order valence-electron chi connectivity index (χ3n) is 1.99. The van der Waals surface area contributed by atoms with Crippen molar-refractivity contribution in [2.75, 3.05) is 19.3 Å². The molecule has 0 heterocycles. The Kier molecular flexibility index (Phi) is 5.57. The lowest BCUT2D eigenvalue weighted by Crippen LogP contribution is -2.35. The lowest BCUT2D eigenvalue weighted by Gasteiger charge is -2.04. The summed E-state index contributed by atoms with van der Waals surface area (Å²) in [6.45, 7) is -0.103. The fraction of sp³-hybridized carbons (Fsp3) is 0.273. The van der Waals surface area contributed by atoms with Gasteiger partial charge in [0.15, 0.2) is 11.6 Å². The van der Waals surface area contributed by atoms with Gasteiger partial charge in [0.05, 0.1) is 12.3 Å². The minimum absolute atomic E-state index is 0.0298. The zero-order chi connectivity index (χ0) is 13.5. The van der Waals surface area contributed by atoms with Crippen LogP contribution in [0.2, 0.25) is 0 Å². The van der Waals surface area contributed by atoms with Crippen LogP contribution in [-0.4, -0.2) is 31.2 Å². The Bertz CT molecular complexity index is 455. The molecule has 0 saturated heterocycles. The van der Waals surface area contributed by atoms with E-state index in [1.807, 2.05) is 0 Å². The van der Waals surface area contributed by atoms with Crippen molar-refractivity contribution in [3.8, 4) is 0 Å². The quantitative estimate of drug-likeness (QED) is 0.785. The van der Waals surface area contributed by atoms with Gasteiger partial charge in [0.25, 0.3) is 0 Å². The van der Waals surface area contributed by atoms with Crippen LogP contribution in [0, 0.1) is 11.6 Å². The third-order valence-corrected chi connectivity index (χ3v) is 2.98. The summed E-state index contributed by atoms with van der Waals surface area (Å²) in [4.78, 5) is 22.6. The molecule has 1 aromatic carbocycles. The molecule has 0 saturated carbocycles. The second-order valence-electron chi connectivity index (χ2n) is 3.31. The molecule has 1 rings (SSSR count). The Morgan fingerprint density at radius 2 is 1.94 bits per heavy atom. The average Bonchev–Trinajstić information content (AvgIpc) is 2.37. The molecule has 0 aliphatic carbocycles. The number of likely N-dealkylation sites (N-methyl/N-ethyl adjacent to an activating group) is 1. The molecule has 7 heteroatoms. The van der Waals surface area contributed by atoms with Gasteiger partial charge in [-0.2, -0.15) is 0 Å². The predicted molar refractivity (Wildman–Crippen MR) is 64.2 cm³/mol. The number of hydrogen-bond acceptors (Lipinski definition) is 3. The molecule has 0 spiro atoms. The van der Waals surface area contributed by atoms with Crippen molar-refractivity contribution in [3.05, 3.63) is 29.8 Å². The fourth-order valence-corrected chi connectivity index (χ4v) is 1.78. The van der Waals surface area contributed by atoms with Crippen LogP contribution < -0.4 is 10.6 Å². The van der Waals surface area contributed by atoms with E-state index in [0.717, 1.165) is 23.9 Å². The fourth-order valence-electron chi connectivity index (χ4n) is 1.03. The summed E-state index contributed by atoms with van der Waals surface area (Å²) in [6.07, 6.45) is 0. The highest BCUT2D eigenvalue weighted by molar-refractivity contribution is 8.00. The Morgan fingerprint density at radius 1 is 1.22 bits per heavy atom. The molecular weight excluding hydrogens is 262 g/mol. The van der Waals surface area contributed by atoms with Crippen molar-refractivity contribution < 1.29 is 18.4 Å². The van der Waals surface area contributed by atoms with Crippen molar-refractivity contribution in [1.29, 1.82) is 0 Å². The number of carbonyl (C=O) groups is 2. The Balaban J connectivity index is 2.38. The first-order valence-corrected chi connectivity index (χ1v) is 6.06. The zero-order valence-corrected chi connectivity index (χ0v) is 10.4. The number of nitrogens with one attached hydrogen (secondary N) is 2. The molecule has 0 radical (unpaired) electrons. The van der Waals surface area contributed by atoms with E-state index in [1.54, 1.807) is 0 Å². The highest BCUT2D eigenvalue weighted by atomic mass is 32.2. The van der Waals surface area contributed by atoms with Crippen LogP contribution in [0.5, 0.6) is 0 Å². The van der Waals surface area contributed by atoms with E-state index < -0.39 is 11.6 Å². The summed E-state index contributed by atoms with van der Waals surface area (Å²) in [5, 5.41) is 4.75. The molecule has 0 bridgehead atoms. The van der Waals surface area contributed by atoms with Gasteiger partial charge in [-0.1, -0.05) is 0 Å². The maximum atomic E-state index is 12.9. The molecule has 0 atom stereocenters. The van der Waals surface area contributed by atoms with Gasteiger partial charge < -0.3 is 10.6 Å². The van der Waals surface area contributed by atoms with Gasteiger partial charge in [-0.15, -0.1) is 11.8 Å². The summed E-state index contributed by atoms with van der Waals surface area (Å²) < 4.78 is 25.5. The second kappa shape index (κ2) is 6.95. The highest BCUT2D eigenvalue weighted by Gasteiger charge is 2.07. The van der Waals surface area contributed by atoms with E-state index >= 15 is 0 Å². The number of carbonyl (C=O) groups excluding carboxylic acids is 2. The first-order valence-electron chi connectivity index (χ1n) is 5.08. The largest absolute Gasteiger partial charge is 0.358 e. The van der Waals surface area contributed by atoms with E-state index in [4.69, 9.17) is 0 Å². The standard InChI is InChI=1S/C11H12F2N2O2S/c1-14-10(16)5-15-11(17)6-18-7-2-3-8(12)9(13)4-7/h2-4H,5-6H2,1H3,(H,14,16)(H,15,17). The Morgan fingerprint density at radius 3 is 2.56 bits per heavy atom. The SMILES string of the molecule is CNC(=O)CNC(=O)CSc1ccc(F)c(F)c1. The lowest BCUT2D eigenvalue weighted by molar-refractivity contribution is -0.124. The smallest absolute Gasteiger partial charge is 0.239 e. The predicted octanol–water partition coefficient (Wildman–Crippen LogP) is 0.919. The van der Waals surface area contributed by atoms with Crippen LogP contribution in [0.1, 0.15) is 0 Å². The number of halogens is 2. The Hall–Kier alpha value is -1.63. The van der Waals surface area contributed by atoms with E-state index in [1.165, 1.54) is 13.1 Å². The molecule has 98 valence electrons. The molecule has 18 heavy (non-hydrogen) atoms. The van der Waals surface area contributed by atoms with E-state index in [0.29, 0.717) is 4.90 Å². The van der Waals surface area contributed by atoms with Crippen molar-refractivity contribution in [2.24, 2.45) is 0 Å². The van der Waals surface area contributed by atoms with E-state index in [2.05, 4.69) is 10.6 Å². The monoisotopic (exact) mass is 274 g/mol. The molecule has 0 aromatic heterocycles. The van der Waals surface area contributed by atoms with Crippen molar-refractivity contribution >= 4 is 23.6 Å². The van der Waals surface area contributed by atoms with Gasteiger partial charge >= 0.3 is 0 Å². The lowest BCUT2D eigenvalue weighted by atomic mass is 10.3. The summed E-state index contributed by atoms with van der Waals surface area (Å²) >= 11 is 1.06. The molecule has 2 amide bonds. The van der Waals surface area contributed by atoms with Gasteiger partial charge in [-0.05, 0) is 18.2 Å². The third kappa shape index (κ3) is 4.70. The molecule has 0 aliphatic heterocycles. The molecule has 2 N–H and O–H groups in total. The maximum Gasteiger partial charge on any atom is 0.239 e. The normalized spacial score (nSPS) is 9.94. The minimum Gasteiger partial charge on any atom is -0.358 e. The molecule has 1 aromatic rings. The zero-order valence-electron chi connectivity index (χ0n) is 9.63. The molecular formula is C11H12F2N2O2S. The molecule has 0 aliphatic rings. The number of hydrogen-bond donors (Lipinski definition) is 2. The average molecular weight is 274 g/mol. The number of rotatable bonds is 5. The van der Waals surface area contributed by atoms with Crippen LogP contribution in [0.15, 0.2) is 23.1 Å². The van der Waals surface area contributed by atoms with Crippen LogP contribution in [0.25, 0.3) is 0 Å². The number of benzene rings is 1. The summed E-state index contributed by atoms with van der Waals surface area (Å²) in [5.74, 6) is -2.51. The molecule has 0 fully saturated rings. The topological polar surface area (TPSA) is 58.2 Å². The van der Waals surface area contributed by atoms with Crippen LogP contribution >= 0.6 is 11.8 Å². The van der Waals surface area contributed by atoms with Crippen LogP contribution in [0.3, 0.4) is 0 Å².